The quantitative estimate of drug-likeness (QED) is 0.500. The van der Waals surface area contributed by atoms with E-state index in [4.69, 9.17) is 35.4 Å². The van der Waals surface area contributed by atoms with Crippen molar-refractivity contribution in [3.05, 3.63) is 56.1 Å². The maximum atomic E-state index is 6.07. The minimum atomic E-state index is 0.478. The number of benzene rings is 2. The highest BCUT2D eigenvalue weighted by Crippen LogP contribution is 2.25. The van der Waals surface area contributed by atoms with E-state index < -0.39 is 0 Å². The van der Waals surface area contributed by atoms with Crippen molar-refractivity contribution in [1.82, 2.24) is 0 Å². The van der Waals surface area contributed by atoms with Gasteiger partial charge in [0.15, 0.2) is 5.11 Å². The van der Waals surface area contributed by atoms with Crippen LogP contribution in [0.4, 0.5) is 11.4 Å². The van der Waals surface area contributed by atoms with Gasteiger partial charge in [-0.2, -0.15) is 0 Å². The molecule has 98 valence electrons. The molecule has 2 aromatic carbocycles. The molecule has 0 atom stereocenters. The van der Waals surface area contributed by atoms with E-state index in [1.807, 2.05) is 24.3 Å². The van der Waals surface area contributed by atoms with Gasteiger partial charge in [0, 0.05) is 14.3 Å². The second-order valence-corrected chi connectivity index (χ2v) is 6.21. The summed E-state index contributed by atoms with van der Waals surface area (Å²) in [5.41, 5.74) is 1.64. The van der Waals surface area contributed by atoms with Crippen molar-refractivity contribution >= 4 is 74.5 Å². The van der Waals surface area contributed by atoms with Gasteiger partial charge < -0.3 is 10.6 Å². The zero-order valence-corrected chi connectivity index (χ0v) is 14.1. The highest BCUT2D eigenvalue weighted by atomic mass is 127. The molecule has 6 heteroatoms. The van der Waals surface area contributed by atoms with E-state index in [2.05, 4.69) is 33.2 Å². The number of anilines is 2. The van der Waals surface area contributed by atoms with Crippen LogP contribution in [0.2, 0.25) is 10.0 Å². The van der Waals surface area contributed by atoms with Crippen molar-refractivity contribution in [3.8, 4) is 0 Å². The summed E-state index contributed by atoms with van der Waals surface area (Å²) in [5, 5.41) is 7.72. The molecular formula is C13H9Cl2IN2S. The van der Waals surface area contributed by atoms with Crippen molar-refractivity contribution in [2.24, 2.45) is 0 Å². The molecule has 0 radical (unpaired) electrons. The number of thiocarbonyl (C=S) groups is 1. The molecule has 2 aromatic rings. The first-order chi connectivity index (χ1) is 9.04. The first kappa shape index (κ1) is 14.8. The molecule has 0 heterocycles. The zero-order chi connectivity index (χ0) is 13.8. The van der Waals surface area contributed by atoms with Gasteiger partial charge in [0.05, 0.1) is 10.7 Å². The van der Waals surface area contributed by atoms with Gasteiger partial charge in [0.2, 0.25) is 0 Å². The lowest BCUT2D eigenvalue weighted by molar-refractivity contribution is 1.57. The highest BCUT2D eigenvalue weighted by molar-refractivity contribution is 14.1. The van der Waals surface area contributed by atoms with Gasteiger partial charge in [0.1, 0.15) is 0 Å². The third kappa shape index (κ3) is 4.49. The van der Waals surface area contributed by atoms with Crippen LogP contribution < -0.4 is 10.6 Å². The van der Waals surface area contributed by atoms with Crippen molar-refractivity contribution < 1.29 is 0 Å². The number of hydrogen-bond acceptors (Lipinski definition) is 1. The zero-order valence-electron chi connectivity index (χ0n) is 9.58. The summed E-state index contributed by atoms with van der Waals surface area (Å²) < 4.78 is 1.13. The number of rotatable bonds is 2. The molecule has 0 fully saturated rings. The van der Waals surface area contributed by atoms with Crippen LogP contribution in [0, 0.1) is 3.57 Å². The molecule has 2 nitrogen and oxygen atoms in total. The average molecular weight is 423 g/mol. The topological polar surface area (TPSA) is 24.1 Å². The van der Waals surface area contributed by atoms with Crippen LogP contribution in [-0.2, 0) is 0 Å². The molecule has 2 rings (SSSR count). The fourth-order valence-electron chi connectivity index (χ4n) is 1.44. The summed E-state index contributed by atoms with van der Waals surface area (Å²) in [4.78, 5) is 0. The van der Waals surface area contributed by atoms with Crippen LogP contribution in [0.25, 0.3) is 0 Å². The lowest BCUT2D eigenvalue weighted by atomic mass is 10.3. The lowest BCUT2D eigenvalue weighted by Crippen LogP contribution is -2.19. The van der Waals surface area contributed by atoms with Crippen molar-refractivity contribution in [3.63, 3.8) is 0 Å². The van der Waals surface area contributed by atoms with Gasteiger partial charge in [-0.25, -0.2) is 0 Å². The molecule has 0 aromatic heterocycles. The third-order valence-corrected chi connectivity index (χ3v) is 3.68. The van der Waals surface area contributed by atoms with Crippen LogP contribution in [0.15, 0.2) is 42.5 Å². The SMILES string of the molecule is S=C(Nc1cccc(I)c1)Nc1ccc(Cl)cc1Cl. The maximum absolute atomic E-state index is 6.07. The number of halogens is 3. The number of hydrogen-bond donors (Lipinski definition) is 2. The molecule has 0 unspecified atom stereocenters. The second-order valence-electron chi connectivity index (χ2n) is 3.71. The largest absolute Gasteiger partial charge is 0.332 e. The Kier molecular flexibility index (Phi) is 5.27. The first-order valence-electron chi connectivity index (χ1n) is 5.33. The summed E-state index contributed by atoms with van der Waals surface area (Å²) >= 11 is 19.4. The second kappa shape index (κ2) is 6.74. The van der Waals surface area contributed by atoms with E-state index in [1.54, 1.807) is 18.2 Å². The van der Waals surface area contributed by atoms with Gasteiger partial charge in [0.25, 0.3) is 0 Å². The molecule has 0 bridgehead atoms. The minimum Gasteiger partial charge on any atom is -0.332 e. The Morgan fingerprint density at radius 3 is 2.53 bits per heavy atom. The van der Waals surface area contributed by atoms with Gasteiger partial charge in [-0.05, 0) is 71.2 Å². The smallest absolute Gasteiger partial charge is 0.175 e. The molecule has 2 N–H and O–H groups in total. The maximum Gasteiger partial charge on any atom is 0.175 e. The van der Waals surface area contributed by atoms with Gasteiger partial charge in [-0.3, -0.25) is 0 Å². The van der Waals surface area contributed by atoms with Gasteiger partial charge in [-0.15, -0.1) is 0 Å². The molecule has 0 spiro atoms. The van der Waals surface area contributed by atoms with E-state index in [9.17, 15) is 0 Å². The summed E-state index contributed by atoms with van der Waals surface area (Å²) in [5.74, 6) is 0. The molecule has 0 amide bonds. The van der Waals surface area contributed by atoms with Crippen LogP contribution >= 0.6 is 58.0 Å². The fraction of sp³-hybridized carbons (Fsp3) is 0. The predicted octanol–water partition coefficient (Wildman–Crippen LogP) is 5.41. The highest BCUT2D eigenvalue weighted by Gasteiger charge is 2.04. The van der Waals surface area contributed by atoms with E-state index in [-0.39, 0.29) is 0 Å². The normalized spacial score (nSPS) is 10.1. The van der Waals surface area contributed by atoms with Crippen LogP contribution in [0.5, 0.6) is 0 Å². The Bertz CT molecular complexity index is 619. The monoisotopic (exact) mass is 422 g/mol. The van der Waals surface area contributed by atoms with Crippen molar-refractivity contribution in [1.29, 1.82) is 0 Å². The molecule has 0 saturated heterocycles. The molecule has 19 heavy (non-hydrogen) atoms. The predicted molar refractivity (Wildman–Crippen MR) is 95.5 cm³/mol. The molecule has 0 aliphatic carbocycles. The Morgan fingerprint density at radius 2 is 1.84 bits per heavy atom. The van der Waals surface area contributed by atoms with Crippen molar-refractivity contribution in [2.75, 3.05) is 10.6 Å². The minimum absolute atomic E-state index is 0.478. The van der Waals surface area contributed by atoms with E-state index in [1.165, 1.54) is 0 Å². The Labute approximate surface area is 140 Å². The Morgan fingerprint density at radius 1 is 1.05 bits per heavy atom. The summed E-state index contributed by atoms with van der Waals surface area (Å²) in [6.45, 7) is 0. The van der Waals surface area contributed by atoms with Crippen LogP contribution in [0.3, 0.4) is 0 Å². The standard InChI is InChI=1S/C13H9Cl2IN2S/c14-8-4-5-12(11(15)6-8)18-13(19)17-10-3-1-2-9(16)7-10/h1-7H,(H2,17,18,19). The van der Waals surface area contributed by atoms with Crippen LogP contribution in [0.1, 0.15) is 0 Å². The molecule has 0 aliphatic heterocycles. The van der Waals surface area contributed by atoms with Crippen LogP contribution in [-0.4, -0.2) is 5.11 Å². The molecular weight excluding hydrogens is 414 g/mol. The summed E-state index contributed by atoms with van der Waals surface area (Å²) in [6.07, 6.45) is 0. The van der Waals surface area contributed by atoms with E-state index in [0.29, 0.717) is 20.8 Å². The average Bonchev–Trinajstić information content (AvgIpc) is 2.33. The van der Waals surface area contributed by atoms with Crippen molar-refractivity contribution in [2.45, 2.75) is 0 Å². The molecule has 0 aliphatic rings. The van der Waals surface area contributed by atoms with Gasteiger partial charge >= 0.3 is 0 Å². The summed E-state index contributed by atoms with van der Waals surface area (Å²) in [6, 6.07) is 13.1. The first-order valence-corrected chi connectivity index (χ1v) is 7.57. The lowest BCUT2D eigenvalue weighted by Gasteiger charge is -2.12. The summed E-state index contributed by atoms with van der Waals surface area (Å²) in [7, 11) is 0. The Balaban J connectivity index is 2.05. The van der Waals surface area contributed by atoms with E-state index in [0.717, 1.165) is 9.26 Å². The Hall–Kier alpha value is -0.560. The fourth-order valence-corrected chi connectivity index (χ4v) is 2.67. The third-order valence-electron chi connectivity index (χ3n) is 2.26. The van der Waals surface area contributed by atoms with Gasteiger partial charge in [-0.1, -0.05) is 29.3 Å². The number of nitrogens with one attached hydrogen (secondary N) is 2. The van der Waals surface area contributed by atoms with E-state index >= 15 is 0 Å². The molecule has 0 saturated carbocycles.